The molecule has 0 aliphatic rings. The van der Waals surface area contributed by atoms with Gasteiger partial charge in [-0.3, -0.25) is 4.79 Å². The summed E-state index contributed by atoms with van der Waals surface area (Å²) in [6.07, 6.45) is 3.19. The van der Waals surface area contributed by atoms with E-state index in [0.29, 0.717) is 5.56 Å². The smallest absolute Gasteiger partial charge is 0.213 e. The molecule has 96 valence electrons. The molecule has 2 rings (SSSR count). The highest BCUT2D eigenvalue weighted by Gasteiger charge is 2.19. The van der Waals surface area contributed by atoms with Crippen molar-refractivity contribution in [2.45, 2.75) is 26.8 Å². The lowest BCUT2D eigenvalue weighted by Crippen LogP contribution is -2.17. The van der Waals surface area contributed by atoms with Crippen LogP contribution in [0.15, 0.2) is 30.6 Å². The number of carbonyl (C=O) groups excluding carboxylic acids is 1. The number of carbonyl (C=O) groups is 1. The molecule has 0 saturated heterocycles. The van der Waals surface area contributed by atoms with Gasteiger partial charge in [-0.25, -0.2) is 4.98 Å². The third-order valence-corrected chi connectivity index (χ3v) is 3.36. The van der Waals surface area contributed by atoms with Crippen LogP contribution in [0.3, 0.4) is 0 Å². The SMILES string of the molecule is Cc1ccc(C(=O)C(C)n2ccnc2C#N)cc1C. The Balaban J connectivity index is 2.34. The largest absolute Gasteiger partial charge is 0.312 e. The van der Waals surface area contributed by atoms with Crippen LogP contribution in [0.4, 0.5) is 0 Å². The van der Waals surface area contributed by atoms with Crippen molar-refractivity contribution in [2.24, 2.45) is 0 Å². The lowest BCUT2D eigenvalue weighted by molar-refractivity contribution is 0.0934. The number of rotatable bonds is 3. The van der Waals surface area contributed by atoms with Crippen molar-refractivity contribution in [2.75, 3.05) is 0 Å². The number of aryl methyl sites for hydroxylation is 2. The summed E-state index contributed by atoms with van der Waals surface area (Å²) in [5, 5.41) is 8.94. The van der Waals surface area contributed by atoms with Crippen LogP contribution in [0, 0.1) is 25.2 Å². The Morgan fingerprint density at radius 1 is 1.37 bits per heavy atom. The van der Waals surface area contributed by atoms with Gasteiger partial charge in [0.2, 0.25) is 5.82 Å². The zero-order valence-corrected chi connectivity index (χ0v) is 11.2. The molecule has 2 aromatic rings. The summed E-state index contributed by atoms with van der Waals surface area (Å²) in [6.45, 7) is 5.77. The van der Waals surface area contributed by atoms with E-state index in [-0.39, 0.29) is 11.6 Å². The van der Waals surface area contributed by atoms with Gasteiger partial charge in [0.15, 0.2) is 5.78 Å². The lowest BCUT2D eigenvalue weighted by Gasteiger charge is -2.13. The molecule has 1 heterocycles. The summed E-state index contributed by atoms with van der Waals surface area (Å²) in [5.41, 5.74) is 2.90. The van der Waals surface area contributed by atoms with Crippen molar-refractivity contribution >= 4 is 5.78 Å². The van der Waals surface area contributed by atoms with Gasteiger partial charge < -0.3 is 4.57 Å². The number of nitriles is 1. The Labute approximate surface area is 112 Å². The number of imidazole rings is 1. The second-order valence-corrected chi connectivity index (χ2v) is 4.61. The van der Waals surface area contributed by atoms with Crippen LogP contribution < -0.4 is 0 Å². The molecule has 0 amide bonds. The third-order valence-electron chi connectivity index (χ3n) is 3.36. The summed E-state index contributed by atoms with van der Waals surface area (Å²) in [4.78, 5) is 16.3. The van der Waals surface area contributed by atoms with Gasteiger partial charge in [0.05, 0.1) is 6.04 Å². The molecule has 0 aliphatic heterocycles. The maximum atomic E-state index is 12.4. The molecule has 0 radical (unpaired) electrons. The van der Waals surface area contributed by atoms with E-state index in [4.69, 9.17) is 5.26 Å². The van der Waals surface area contributed by atoms with Crippen LogP contribution in [-0.4, -0.2) is 15.3 Å². The van der Waals surface area contributed by atoms with E-state index in [1.807, 2.05) is 38.1 Å². The monoisotopic (exact) mass is 253 g/mol. The molecule has 1 aromatic heterocycles. The van der Waals surface area contributed by atoms with E-state index in [2.05, 4.69) is 4.98 Å². The molecule has 0 saturated carbocycles. The van der Waals surface area contributed by atoms with E-state index in [0.717, 1.165) is 11.1 Å². The van der Waals surface area contributed by atoms with Crippen molar-refractivity contribution in [1.82, 2.24) is 9.55 Å². The van der Waals surface area contributed by atoms with Gasteiger partial charge in [-0.1, -0.05) is 12.1 Å². The fourth-order valence-corrected chi connectivity index (χ4v) is 1.97. The molecule has 1 atom stereocenters. The molecule has 19 heavy (non-hydrogen) atoms. The van der Waals surface area contributed by atoms with Crippen molar-refractivity contribution in [3.63, 3.8) is 0 Å². The van der Waals surface area contributed by atoms with Crippen LogP contribution in [0.1, 0.15) is 40.3 Å². The van der Waals surface area contributed by atoms with E-state index < -0.39 is 6.04 Å². The first-order chi connectivity index (χ1) is 9.04. The fourth-order valence-electron chi connectivity index (χ4n) is 1.97. The Kier molecular flexibility index (Phi) is 3.48. The summed E-state index contributed by atoms with van der Waals surface area (Å²) >= 11 is 0. The Morgan fingerprint density at radius 3 is 2.74 bits per heavy atom. The lowest BCUT2D eigenvalue weighted by atomic mass is 10.0. The minimum atomic E-state index is -0.431. The molecule has 0 N–H and O–H groups in total. The standard InChI is InChI=1S/C15H15N3O/c1-10-4-5-13(8-11(10)2)15(19)12(3)18-7-6-17-14(18)9-16/h4-8,12H,1-3H3. The molecular formula is C15H15N3O. The first-order valence-corrected chi connectivity index (χ1v) is 6.09. The number of benzene rings is 1. The molecule has 0 aliphatic carbocycles. The van der Waals surface area contributed by atoms with Crippen LogP contribution in [0.5, 0.6) is 0 Å². The molecule has 0 spiro atoms. The van der Waals surface area contributed by atoms with E-state index >= 15 is 0 Å². The fraction of sp³-hybridized carbons (Fsp3) is 0.267. The molecule has 1 unspecified atom stereocenters. The van der Waals surface area contributed by atoms with Gasteiger partial charge in [0.1, 0.15) is 6.07 Å². The van der Waals surface area contributed by atoms with E-state index in [9.17, 15) is 4.79 Å². The first-order valence-electron chi connectivity index (χ1n) is 6.09. The highest BCUT2D eigenvalue weighted by molar-refractivity contribution is 5.99. The summed E-state index contributed by atoms with van der Waals surface area (Å²) < 4.78 is 1.59. The minimum Gasteiger partial charge on any atom is -0.312 e. The first kappa shape index (κ1) is 13.0. The number of aromatic nitrogens is 2. The van der Waals surface area contributed by atoms with Gasteiger partial charge >= 0.3 is 0 Å². The molecule has 4 nitrogen and oxygen atoms in total. The van der Waals surface area contributed by atoms with Gasteiger partial charge in [0.25, 0.3) is 0 Å². The molecule has 4 heteroatoms. The Bertz CT molecular complexity index is 664. The minimum absolute atomic E-state index is 0.0161. The Morgan fingerprint density at radius 2 is 2.11 bits per heavy atom. The van der Waals surface area contributed by atoms with Crippen LogP contribution in [-0.2, 0) is 0 Å². The second kappa shape index (κ2) is 5.07. The number of Topliss-reactive ketones (excluding diaryl/α,β-unsaturated/α-hetero) is 1. The molecule has 0 bridgehead atoms. The normalized spacial score (nSPS) is 11.9. The zero-order valence-electron chi connectivity index (χ0n) is 11.2. The number of hydrogen-bond acceptors (Lipinski definition) is 3. The maximum Gasteiger partial charge on any atom is 0.213 e. The van der Waals surface area contributed by atoms with E-state index in [1.54, 1.807) is 17.7 Å². The Hall–Kier alpha value is -2.41. The van der Waals surface area contributed by atoms with Gasteiger partial charge in [-0.05, 0) is 38.0 Å². The topological polar surface area (TPSA) is 58.7 Å². The number of hydrogen-bond donors (Lipinski definition) is 0. The average molecular weight is 253 g/mol. The predicted octanol–water partition coefficient (Wildman–Crippen LogP) is 2.82. The van der Waals surface area contributed by atoms with Crippen LogP contribution in [0.2, 0.25) is 0 Å². The van der Waals surface area contributed by atoms with Crippen LogP contribution in [0.25, 0.3) is 0 Å². The second-order valence-electron chi connectivity index (χ2n) is 4.61. The predicted molar refractivity (Wildman–Crippen MR) is 71.9 cm³/mol. The average Bonchev–Trinajstić information content (AvgIpc) is 2.88. The molecule has 1 aromatic carbocycles. The summed E-state index contributed by atoms with van der Waals surface area (Å²) in [5.74, 6) is 0.238. The van der Waals surface area contributed by atoms with Gasteiger partial charge in [0, 0.05) is 18.0 Å². The number of ketones is 1. The molecular weight excluding hydrogens is 238 g/mol. The van der Waals surface area contributed by atoms with Gasteiger partial charge in [-0.15, -0.1) is 0 Å². The van der Waals surface area contributed by atoms with Gasteiger partial charge in [-0.2, -0.15) is 5.26 Å². The van der Waals surface area contributed by atoms with Crippen molar-refractivity contribution < 1.29 is 4.79 Å². The van der Waals surface area contributed by atoms with E-state index in [1.165, 1.54) is 6.20 Å². The summed E-state index contributed by atoms with van der Waals surface area (Å²) in [6, 6.07) is 7.20. The highest BCUT2D eigenvalue weighted by atomic mass is 16.1. The zero-order chi connectivity index (χ0) is 14.0. The highest BCUT2D eigenvalue weighted by Crippen LogP contribution is 2.18. The van der Waals surface area contributed by atoms with Crippen LogP contribution >= 0.6 is 0 Å². The maximum absolute atomic E-state index is 12.4. The third kappa shape index (κ3) is 2.41. The van der Waals surface area contributed by atoms with Crippen molar-refractivity contribution in [3.05, 3.63) is 53.1 Å². The van der Waals surface area contributed by atoms with Crippen molar-refractivity contribution in [1.29, 1.82) is 5.26 Å². The quantitative estimate of drug-likeness (QED) is 0.790. The number of nitrogens with zero attached hydrogens (tertiary/aromatic N) is 3. The molecule has 0 fully saturated rings. The van der Waals surface area contributed by atoms with Crippen molar-refractivity contribution in [3.8, 4) is 6.07 Å². The summed E-state index contributed by atoms with van der Waals surface area (Å²) in [7, 11) is 0.